The number of nitrogens with zero attached hydrogens (tertiary/aromatic N) is 1. The smallest absolute Gasteiger partial charge is 0.307 e. The molecule has 0 saturated heterocycles. The first-order chi connectivity index (χ1) is 12.9. The van der Waals surface area contributed by atoms with Gasteiger partial charge in [0.25, 0.3) is 11.6 Å². The van der Waals surface area contributed by atoms with Crippen LogP contribution in [0.4, 0.5) is 11.4 Å². The maximum absolute atomic E-state index is 11.9. The number of esters is 1. The van der Waals surface area contributed by atoms with Gasteiger partial charge in [-0.25, -0.2) is 0 Å². The number of halogens is 1. The number of thioether (sulfide) groups is 1. The highest BCUT2D eigenvalue weighted by Gasteiger charge is 2.13. The number of hydrogen-bond donors (Lipinski definition) is 1. The third-order valence-corrected chi connectivity index (χ3v) is 4.99. The van der Waals surface area contributed by atoms with E-state index in [1.54, 1.807) is 13.0 Å². The minimum atomic E-state index is -0.564. The van der Waals surface area contributed by atoms with E-state index < -0.39 is 23.4 Å². The number of carbonyl (C=O) groups is 2. The predicted molar refractivity (Wildman–Crippen MR) is 104 cm³/mol. The highest BCUT2D eigenvalue weighted by Crippen LogP contribution is 2.27. The van der Waals surface area contributed by atoms with Crippen molar-refractivity contribution in [1.82, 2.24) is 0 Å². The molecule has 0 bridgehead atoms. The van der Waals surface area contributed by atoms with Crippen LogP contribution in [0.5, 0.6) is 0 Å². The van der Waals surface area contributed by atoms with Crippen LogP contribution in [0.1, 0.15) is 12.0 Å². The largest absolute Gasteiger partial charge is 0.456 e. The number of amides is 1. The monoisotopic (exact) mass is 408 g/mol. The van der Waals surface area contributed by atoms with Gasteiger partial charge in [0.2, 0.25) is 0 Å². The van der Waals surface area contributed by atoms with Crippen molar-refractivity contribution in [2.75, 3.05) is 17.7 Å². The number of nitrogens with one attached hydrogen (secondary N) is 1. The second-order valence-electron chi connectivity index (χ2n) is 5.49. The first kappa shape index (κ1) is 20.7. The Hall–Kier alpha value is -2.58. The summed E-state index contributed by atoms with van der Waals surface area (Å²) in [6, 6.07) is 11.4. The molecule has 7 nitrogen and oxygen atoms in total. The number of carbonyl (C=O) groups excluding carboxylic acids is 2. The summed E-state index contributed by atoms with van der Waals surface area (Å²) in [6.45, 7) is 1.25. The zero-order chi connectivity index (χ0) is 19.8. The zero-order valence-corrected chi connectivity index (χ0v) is 16.0. The van der Waals surface area contributed by atoms with Crippen LogP contribution in [0.2, 0.25) is 5.02 Å². The Morgan fingerprint density at radius 2 is 2.00 bits per heavy atom. The number of aryl methyl sites for hydroxylation is 1. The van der Waals surface area contributed by atoms with Crippen LogP contribution in [0.3, 0.4) is 0 Å². The molecule has 142 valence electrons. The fraction of sp³-hybridized carbons (Fsp3) is 0.222. The quantitative estimate of drug-likeness (QED) is 0.304. The summed E-state index contributed by atoms with van der Waals surface area (Å²) in [7, 11) is 0. The fourth-order valence-corrected chi connectivity index (χ4v) is 3.24. The standard InChI is InChI=1S/C18H17ClN2O5S/c1-12-6-7-13(21(24)25)10-15(12)20-17(22)11-26-18(23)8-9-27-16-5-3-2-4-14(16)19/h2-7,10H,8-9,11H2,1H3,(H,20,22). The van der Waals surface area contributed by atoms with Crippen molar-refractivity contribution in [3.8, 4) is 0 Å². The number of nitro benzene ring substituents is 1. The van der Waals surface area contributed by atoms with Crippen molar-refractivity contribution < 1.29 is 19.2 Å². The summed E-state index contributed by atoms with van der Waals surface area (Å²) in [5.41, 5.74) is 0.834. The SMILES string of the molecule is Cc1ccc([N+](=O)[O-])cc1NC(=O)COC(=O)CCSc1ccccc1Cl. The minimum Gasteiger partial charge on any atom is -0.456 e. The van der Waals surface area contributed by atoms with E-state index >= 15 is 0 Å². The number of non-ortho nitro benzene ring substituents is 1. The van der Waals surface area contributed by atoms with Crippen molar-refractivity contribution in [1.29, 1.82) is 0 Å². The first-order valence-electron chi connectivity index (χ1n) is 7.94. The Morgan fingerprint density at radius 1 is 1.26 bits per heavy atom. The zero-order valence-electron chi connectivity index (χ0n) is 14.4. The molecule has 0 spiro atoms. The molecule has 9 heteroatoms. The Labute approximate surface area is 165 Å². The van der Waals surface area contributed by atoms with E-state index in [1.807, 2.05) is 18.2 Å². The molecule has 0 fully saturated rings. The molecule has 0 unspecified atom stereocenters. The lowest BCUT2D eigenvalue weighted by atomic mass is 10.2. The molecule has 2 rings (SSSR count). The summed E-state index contributed by atoms with van der Waals surface area (Å²) in [6.07, 6.45) is 0.124. The van der Waals surface area contributed by atoms with E-state index in [9.17, 15) is 19.7 Å². The molecule has 0 aliphatic carbocycles. The van der Waals surface area contributed by atoms with E-state index in [2.05, 4.69) is 5.32 Å². The van der Waals surface area contributed by atoms with E-state index in [-0.39, 0.29) is 12.1 Å². The number of hydrogen-bond acceptors (Lipinski definition) is 6. The third-order valence-electron chi connectivity index (χ3n) is 3.47. The van der Waals surface area contributed by atoms with E-state index in [1.165, 1.54) is 30.0 Å². The highest BCUT2D eigenvalue weighted by atomic mass is 35.5. The molecule has 0 radical (unpaired) electrons. The number of rotatable bonds is 8. The second kappa shape index (κ2) is 9.94. The lowest BCUT2D eigenvalue weighted by molar-refractivity contribution is -0.384. The fourth-order valence-electron chi connectivity index (χ4n) is 2.07. The molecule has 0 aliphatic heterocycles. The molecular weight excluding hydrogens is 392 g/mol. The Balaban J connectivity index is 1.77. The van der Waals surface area contributed by atoms with Crippen molar-refractivity contribution in [2.45, 2.75) is 18.2 Å². The normalized spacial score (nSPS) is 10.3. The lowest BCUT2D eigenvalue weighted by Gasteiger charge is -2.09. The molecule has 0 saturated carbocycles. The van der Waals surface area contributed by atoms with Gasteiger partial charge >= 0.3 is 5.97 Å². The van der Waals surface area contributed by atoms with Crippen molar-refractivity contribution in [2.24, 2.45) is 0 Å². The lowest BCUT2D eigenvalue weighted by Crippen LogP contribution is -2.21. The van der Waals surface area contributed by atoms with Crippen LogP contribution in [0.15, 0.2) is 47.4 Å². The number of ether oxygens (including phenoxy) is 1. The van der Waals surface area contributed by atoms with Gasteiger partial charge in [-0.05, 0) is 24.6 Å². The molecular formula is C18H17ClN2O5S. The minimum absolute atomic E-state index is 0.124. The van der Waals surface area contributed by atoms with E-state index in [0.717, 1.165) is 4.90 Å². The maximum Gasteiger partial charge on any atom is 0.307 e. The van der Waals surface area contributed by atoms with E-state index in [4.69, 9.17) is 16.3 Å². The number of benzene rings is 2. The molecule has 2 aromatic carbocycles. The van der Waals surface area contributed by atoms with Crippen molar-refractivity contribution >= 4 is 46.6 Å². The Morgan fingerprint density at radius 3 is 2.70 bits per heavy atom. The van der Waals surface area contributed by atoms with Gasteiger partial charge in [-0.3, -0.25) is 19.7 Å². The van der Waals surface area contributed by atoms with Crippen LogP contribution < -0.4 is 5.32 Å². The van der Waals surface area contributed by atoms with Crippen molar-refractivity contribution in [3.05, 3.63) is 63.2 Å². The average Bonchev–Trinajstić information content (AvgIpc) is 2.63. The summed E-state index contributed by atoms with van der Waals surface area (Å²) < 4.78 is 4.93. The first-order valence-corrected chi connectivity index (χ1v) is 9.31. The van der Waals surface area contributed by atoms with Crippen LogP contribution in [-0.2, 0) is 14.3 Å². The molecule has 0 atom stereocenters. The molecule has 0 aliphatic rings. The van der Waals surface area contributed by atoms with Gasteiger partial charge in [-0.2, -0.15) is 0 Å². The Bertz CT molecular complexity index is 859. The second-order valence-corrected chi connectivity index (χ2v) is 7.04. The van der Waals surface area contributed by atoms with Gasteiger partial charge in [0.15, 0.2) is 6.61 Å². The third kappa shape index (κ3) is 6.58. The summed E-state index contributed by atoms with van der Waals surface area (Å²) >= 11 is 7.45. The summed E-state index contributed by atoms with van der Waals surface area (Å²) in [5.74, 6) is -0.611. The van der Waals surface area contributed by atoms with Crippen LogP contribution >= 0.6 is 23.4 Å². The topological polar surface area (TPSA) is 98.5 Å². The van der Waals surface area contributed by atoms with Gasteiger partial charge in [0, 0.05) is 22.8 Å². The van der Waals surface area contributed by atoms with Gasteiger partial charge in [-0.15, -0.1) is 11.8 Å². The van der Waals surface area contributed by atoms with Gasteiger partial charge in [-0.1, -0.05) is 29.8 Å². The maximum atomic E-state index is 11.9. The van der Waals surface area contributed by atoms with Gasteiger partial charge in [0.05, 0.1) is 22.1 Å². The highest BCUT2D eigenvalue weighted by molar-refractivity contribution is 7.99. The number of anilines is 1. The molecule has 0 heterocycles. The van der Waals surface area contributed by atoms with Crippen LogP contribution in [0.25, 0.3) is 0 Å². The molecule has 0 aromatic heterocycles. The molecule has 27 heavy (non-hydrogen) atoms. The molecule has 2 aromatic rings. The van der Waals surface area contributed by atoms with Crippen LogP contribution in [-0.4, -0.2) is 29.2 Å². The average molecular weight is 409 g/mol. The van der Waals surface area contributed by atoms with Gasteiger partial charge < -0.3 is 10.1 Å². The molecule has 1 N–H and O–H groups in total. The molecule has 1 amide bonds. The van der Waals surface area contributed by atoms with Crippen LogP contribution in [0, 0.1) is 17.0 Å². The summed E-state index contributed by atoms with van der Waals surface area (Å²) in [4.78, 5) is 34.8. The Kier molecular flexibility index (Phi) is 7.63. The van der Waals surface area contributed by atoms with Crippen molar-refractivity contribution in [3.63, 3.8) is 0 Å². The summed E-state index contributed by atoms with van der Waals surface area (Å²) in [5, 5.41) is 13.9. The van der Waals surface area contributed by atoms with Gasteiger partial charge in [0.1, 0.15) is 0 Å². The predicted octanol–water partition coefficient (Wildman–Crippen LogP) is 4.22. The van der Waals surface area contributed by atoms with E-state index in [0.29, 0.717) is 22.0 Å². The number of nitro groups is 1.